The molecule has 1 saturated heterocycles. The molecule has 1 aromatic rings. The molecular formula is C9H15N3O. The number of aromatic amines is 1. The molecule has 1 aliphatic heterocycles. The van der Waals surface area contributed by atoms with Gasteiger partial charge in [0, 0.05) is 25.5 Å². The molecule has 4 heteroatoms. The lowest BCUT2D eigenvalue weighted by atomic mass is 10.3. The van der Waals surface area contributed by atoms with Gasteiger partial charge >= 0.3 is 0 Å². The molecule has 1 atom stereocenters. The van der Waals surface area contributed by atoms with Gasteiger partial charge in [-0.05, 0) is 6.92 Å². The number of imidazole rings is 1. The van der Waals surface area contributed by atoms with Crippen molar-refractivity contribution < 1.29 is 4.74 Å². The Bertz CT molecular complexity index is 247. The molecular weight excluding hydrogens is 166 g/mol. The van der Waals surface area contributed by atoms with Crippen molar-refractivity contribution in [1.82, 2.24) is 14.9 Å². The van der Waals surface area contributed by atoms with Crippen molar-refractivity contribution in [3.8, 4) is 0 Å². The van der Waals surface area contributed by atoms with Gasteiger partial charge in [0.2, 0.25) is 0 Å². The predicted molar refractivity (Wildman–Crippen MR) is 49.3 cm³/mol. The molecule has 0 unspecified atom stereocenters. The molecule has 1 fully saturated rings. The molecule has 0 amide bonds. The monoisotopic (exact) mass is 181 g/mol. The fraction of sp³-hybridized carbons (Fsp3) is 0.667. The van der Waals surface area contributed by atoms with Gasteiger partial charge in [0.25, 0.3) is 0 Å². The summed E-state index contributed by atoms with van der Waals surface area (Å²) in [5.74, 6) is 1.04. The van der Waals surface area contributed by atoms with Crippen LogP contribution in [0.25, 0.3) is 0 Å². The number of aromatic nitrogens is 2. The molecule has 0 saturated carbocycles. The molecule has 0 aliphatic carbocycles. The van der Waals surface area contributed by atoms with Crippen LogP contribution in [-0.2, 0) is 11.3 Å². The zero-order valence-electron chi connectivity index (χ0n) is 7.86. The van der Waals surface area contributed by atoms with Crippen molar-refractivity contribution in [3.05, 3.63) is 18.2 Å². The first-order valence-corrected chi connectivity index (χ1v) is 4.67. The highest BCUT2D eigenvalue weighted by molar-refractivity contribution is 4.87. The fourth-order valence-electron chi connectivity index (χ4n) is 1.63. The van der Waals surface area contributed by atoms with E-state index in [4.69, 9.17) is 4.74 Å². The summed E-state index contributed by atoms with van der Waals surface area (Å²) in [4.78, 5) is 9.66. The second-order valence-corrected chi connectivity index (χ2v) is 3.45. The van der Waals surface area contributed by atoms with Crippen LogP contribution in [-0.4, -0.2) is 40.7 Å². The summed E-state index contributed by atoms with van der Waals surface area (Å²) in [7, 11) is 0. The van der Waals surface area contributed by atoms with Gasteiger partial charge in [-0.2, -0.15) is 0 Å². The van der Waals surface area contributed by atoms with Gasteiger partial charge in [-0.25, -0.2) is 4.98 Å². The predicted octanol–water partition coefficient (Wildman–Crippen LogP) is 0.630. The minimum Gasteiger partial charge on any atom is -0.376 e. The van der Waals surface area contributed by atoms with Crippen molar-refractivity contribution in [2.45, 2.75) is 19.6 Å². The van der Waals surface area contributed by atoms with Gasteiger partial charge in [-0.15, -0.1) is 0 Å². The fourth-order valence-corrected chi connectivity index (χ4v) is 1.63. The summed E-state index contributed by atoms with van der Waals surface area (Å²) >= 11 is 0. The number of ether oxygens (including phenoxy) is 1. The van der Waals surface area contributed by atoms with Gasteiger partial charge in [0.15, 0.2) is 0 Å². The quantitative estimate of drug-likeness (QED) is 0.727. The Morgan fingerprint density at radius 1 is 1.77 bits per heavy atom. The highest BCUT2D eigenvalue weighted by atomic mass is 16.5. The van der Waals surface area contributed by atoms with Gasteiger partial charge in [-0.1, -0.05) is 0 Å². The van der Waals surface area contributed by atoms with Crippen LogP contribution in [0.4, 0.5) is 0 Å². The number of nitrogens with one attached hydrogen (secondary N) is 1. The lowest BCUT2D eigenvalue weighted by Crippen LogP contribution is -2.40. The van der Waals surface area contributed by atoms with E-state index in [2.05, 4.69) is 21.8 Å². The van der Waals surface area contributed by atoms with E-state index < -0.39 is 0 Å². The molecule has 72 valence electrons. The maximum absolute atomic E-state index is 5.45. The molecule has 1 N–H and O–H groups in total. The molecule has 2 heterocycles. The van der Waals surface area contributed by atoms with Crippen LogP contribution in [0, 0.1) is 0 Å². The van der Waals surface area contributed by atoms with Gasteiger partial charge < -0.3 is 9.72 Å². The standard InChI is InChI=1S/C9H15N3O/c1-8-6-12(4-5-13-8)7-9-10-2-3-11-9/h2-3,8H,4-7H2,1H3,(H,10,11)/t8-/m1/s1. The SMILES string of the molecule is C[C@@H]1CN(Cc2ncc[nH]2)CCO1. The van der Waals surface area contributed by atoms with E-state index >= 15 is 0 Å². The largest absolute Gasteiger partial charge is 0.376 e. The smallest absolute Gasteiger partial charge is 0.120 e. The number of nitrogens with zero attached hydrogens (tertiary/aromatic N) is 2. The van der Waals surface area contributed by atoms with Crippen molar-refractivity contribution in [3.63, 3.8) is 0 Å². The molecule has 2 rings (SSSR count). The third kappa shape index (κ3) is 2.29. The summed E-state index contributed by atoms with van der Waals surface area (Å²) < 4.78 is 5.45. The highest BCUT2D eigenvalue weighted by Gasteiger charge is 2.16. The first kappa shape index (κ1) is 8.72. The lowest BCUT2D eigenvalue weighted by Gasteiger charge is -2.30. The van der Waals surface area contributed by atoms with E-state index in [1.54, 1.807) is 6.20 Å². The average Bonchev–Trinajstić information content (AvgIpc) is 2.57. The average molecular weight is 181 g/mol. The summed E-state index contributed by atoms with van der Waals surface area (Å²) in [6.45, 7) is 5.85. The van der Waals surface area contributed by atoms with E-state index in [-0.39, 0.29) is 0 Å². The van der Waals surface area contributed by atoms with Crippen molar-refractivity contribution >= 4 is 0 Å². The highest BCUT2D eigenvalue weighted by Crippen LogP contribution is 2.06. The Balaban J connectivity index is 1.87. The molecule has 4 nitrogen and oxygen atoms in total. The van der Waals surface area contributed by atoms with Gasteiger partial charge in [0.1, 0.15) is 5.82 Å². The molecule has 0 aromatic carbocycles. The Morgan fingerprint density at radius 2 is 2.69 bits per heavy atom. The van der Waals surface area contributed by atoms with E-state index in [1.165, 1.54) is 0 Å². The Morgan fingerprint density at radius 3 is 3.38 bits per heavy atom. The molecule has 13 heavy (non-hydrogen) atoms. The Kier molecular flexibility index (Phi) is 2.61. The molecule has 1 aromatic heterocycles. The zero-order chi connectivity index (χ0) is 9.10. The van der Waals surface area contributed by atoms with Crippen LogP contribution >= 0.6 is 0 Å². The number of hydrogen-bond donors (Lipinski definition) is 1. The van der Waals surface area contributed by atoms with Crippen molar-refractivity contribution in [2.24, 2.45) is 0 Å². The van der Waals surface area contributed by atoms with E-state index in [0.717, 1.165) is 32.1 Å². The third-order valence-corrected chi connectivity index (χ3v) is 2.25. The maximum Gasteiger partial charge on any atom is 0.120 e. The number of rotatable bonds is 2. The molecule has 1 aliphatic rings. The maximum atomic E-state index is 5.45. The minimum absolute atomic E-state index is 0.351. The Hall–Kier alpha value is -0.870. The summed E-state index contributed by atoms with van der Waals surface area (Å²) in [5, 5.41) is 0. The summed E-state index contributed by atoms with van der Waals surface area (Å²) in [6.07, 6.45) is 4.00. The van der Waals surface area contributed by atoms with Crippen LogP contribution in [0.15, 0.2) is 12.4 Å². The molecule has 0 bridgehead atoms. The minimum atomic E-state index is 0.351. The van der Waals surface area contributed by atoms with Gasteiger partial charge in [-0.3, -0.25) is 4.90 Å². The topological polar surface area (TPSA) is 41.2 Å². The van der Waals surface area contributed by atoms with Crippen LogP contribution in [0.1, 0.15) is 12.7 Å². The number of hydrogen-bond acceptors (Lipinski definition) is 3. The molecule has 0 spiro atoms. The van der Waals surface area contributed by atoms with Crippen LogP contribution in [0.2, 0.25) is 0 Å². The van der Waals surface area contributed by atoms with Crippen LogP contribution in [0.5, 0.6) is 0 Å². The van der Waals surface area contributed by atoms with E-state index in [0.29, 0.717) is 6.10 Å². The first-order chi connectivity index (χ1) is 6.34. The second kappa shape index (κ2) is 3.89. The summed E-state index contributed by atoms with van der Waals surface area (Å²) in [5.41, 5.74) is 0. The summed E-state index contributed by atoms with van der Waals surface area (Å²) in [6, 6.07) is 0. The zero-order valence-corrected chi connectivity index (χ0v) is 7.86. The second-order valence-electron chi connectivity index (χ2n) is 3.45. The normalized spacial score (nSPS) is 24.8. The van der Waals surface area contributed by atoms with Crippen LogP contribution in [0.3, 0.4) is 0 Å². The van der Waals surface area contributed by atoms with Crippen LogP contribution < -0.4 is 0 Å². The first-order valence-electron chi connectivity index (χ1n) is 4.67. The number of H-pyrrole nitrogens is 1. The van der Waals surface area contributed by atoms with Crippen molar-refractivity contribution in [2.75, 3.05) is 19.7 Å². The lowest BCUT2D eigenvalue weighted by molar-refractivity contribution is -0.0219. The number of morpholine rings is 1. The Labute approximate surface area is 77.9 Å². The van der Waals surface area contributed by atoms with E-state index in [9.17, 15) is 0 Å². The van der Waals surface area contributed by atoms with E-state index in [1.807, 2.05) is 6.20 Å². The van der Waals surface area contributed by atoms with Crippen molar-refractivity contribution in [1.29, 1.82) is 0 Å². The third-order valence-electron chi connectivity index (χ3n) is 2.25. The van der Waals surface area contributed by atoms with Gasteiger partial charge in [0.05, 0.1) is 19.3 Å². The molecule has 0 radical (unpaired) electrons.